The summed E-state index contributed by atoms with van der Waals surface area (Å²) in [7, 11) is 0. The van der Waals surface area contributed by atoms with E-state index in [1.807, 2.05) is 39.8 Å². The van der Waals surface area contributed by atoms with Crippen molar-refractivity contribution in [3.8, 4) is 0 Å². The van der Waals surface area contributed by atoms with Gasteiger partial charge >= 0.3 is 5.97 Å². The largest absolute Gasteiger partial charge is 0.479 e. The molecular formula is C25H32O3. The summed E-state index contributed by atoms with van der Waals surface area (Å²) < 4.78 is 6.06. The Hall–Kier alpha value is -2.13. The Labute approximate surface area is 168 Å². The number of ether oxygens (including phenoxy) is 1. The monoisotopic (exact) mass is 380 g/mol. The van der Waals surface area contributed by atoms with Crippen LogP contribution in [0.4, 0.5) is 0 Å². The maximum absolute atomic E-state index is 12.3. The molecule has 0 heterocycles. The SMILES string of the molecule is CCC1CC=C(c2c(C(OC(C)(C)C)C(=O)O)c(C)cc3ccccc23)CC1. The van der Waals surface area contributed by atoms with Gasteiger partial charge in [0.25, 0.3) is 0 Å². The third kappa shape index (κ3) is 4.30. The molecule has 2 unspecified atom stereocenters. The number of carboxylic acid groups (broad SMARTS) is 1. The molecule has 0 saturated heterocycles. The van der Waals surface area contributed by atoms with Crippen LogP contribution in [-0.4, -0.2) is 16.7 Å². The maximum Gasteiger partial charge on any atom is 0.337 e. The lowest BCUT2D eigenvalue weighted by atomic mass is 9.80. The molecule has 28 heavy (non-hydrogen) atoms. The fourth-order valence-electron chi connectivity index (χ4n) is 4.26. The van der Waals surface area contributed by atoms with Gasteiger partial charge < -0.3 is 9.84 Å². The second-order valence-electron chi connectivity index (χ2n) is 8.93. The molecule has 150 valence electrons. The van der Waals surface area contributed by atoms with E-state index in [2.05, 4.69) is 31.2 Å². The van der Waals surface area contributed by atoms with Crippen molar-refractivity contribution in [2.24, 2.45) is 5.92 Å². The second kappa shape index (κ2) is 8.08. The van der Waals surface area contributed by atoms with Crippen molar-refractivity contribution < 1.29 is 14.6 Å². The summed E-state index contributed by atoms with van der Waals surface area (Å²) in [5, 5.41) is 12.3. The topological polar surface area (TPSA) is 46.5 Å². The molecule has 0 aromatic heterocycles. The normalized spacial score (nSPS) is 18.8. The Balaban J connectivity index is 2.25. The molecule has 0 amide bonds. The van der Waals surface area contributed by atoms with Crippen molar-refractivity contribution in [1.82, 2.24) is 0 Å². The van der Waals surface area contributed by atoms with Crippen molar-refractivity contribution >= 4 is 22.3 Å². The molecule has 0 fully saturated rings. The predicted octanol–water partition coefficient (Wildman–Crippen LogP) is 6.68. The van der Waals surface area contributed by atoms with Gasteiger partial charge in [-0.3, -0.25) is 0 Å². The van der Waals surface area contributed by atoms with E-state index >= 15 is 0 Å². The van der Waals surface area contributed by atoms with E-state index in [1.54, 1.807) is 0 Å². The van der Waals surface area contributed by atoms with Crippen LogP contribution in [0.15, 0.2) is 36.4 Å². The summed E-state index contributed by atoms with van der Waals surface area (Å²) in [5.74, 6) is -0.207. The Bertz CT molecular complexity index is 902. The van der Waals surface area contributed by atoms with Crippen LogP contribution >= 0.6 is 0 Å². The van der Waals surface area contributed by atoms with Gasteiger partial charge in [0.05, 0.1) is 5.60 Å². The highest BCUT2D eigenvalue weighted by molar-refractivity contribution is 5.98. The van der Waals surface area contributed by atoms with Crippen molar-refractivity contribution in [2.75, 3.05) is 0 Å². The number of hydrogen-bond acceptors (Lipinski definition) is 2. The number of benzene rings is 2. The van der Waals surface area contributed by atoms with E-state index < -0.39 is 17.7 Å². The van der Waals surface area contributed by atoms with E-state index in [9.17, 15) is 9.90 Å². The summed E-state index contributed by atoms with van der Waals surface area (Å²) in [6.45, 7) is 9.97. The van der Waals surface area contributed by atoms with Crippen molar-refractivity contribution in [2.45, 2.75) is 72.0 Å². The summed E-state index contributed by atoms with van der Waals surface area (Å²) in [6.07, 6.45) is 5.74. The average Bonchev–Trinajstić information content (AvgIpc) is 2.64. The van der Waals surface area contributed by atoms with Gasteiger partial charge in [0.15, 0.2) is 6.10 Å². The van der Waals surface area contributed by atoms with E-state index in [0.717, 1.165) is 52.6 Å². The van der Waals surface area contributed by atoms with E-state index in [-0.39, 0.29) is 0 Å². The standard InChI is InChI=1S/C25H32O3/c1-6-17-11-13-18(14-12-17)22-20-10-8-7-9-19(20)15-16(2)21(22)23(24(26)27)28-25(3,4)5/h7-10,13,15,17,23H,6,11-12,14H2,1-5H3,(H,26,27). The molecule has 0 bridgehead atoms. The van der Waals surface area contributed by atoms with Gasteiger partial charge in [0.2, 0.25) is 0 Å². The first kappa shape index (κ1) is 20.6. The number of hydrogen-bond donors (Lipinski definition) is 1. The highest BCUT2D eigenvalue weighted by atomic mass is 16.5. The van der Waals surface area contributed by atoms with Gasteiger partial charge in [-0.1, -0.05) is 49.8 Å². The fourth-order valence-corrected chi connectivity index (χ4v) is 4.26. The number of fused-ring (bicyclic) bond motifs is 1. The first-order valence-electron chi connectivity index (χ1n) is 10.3. The molecule has 2 atom stereocenters. The zero-order valence-electron chi connectivity index (χ0n) is 17.7. The number of aryl methyl sites for hydroxylation is 1. The molecule has 1 N–H and O–H groups in total. The minimum atomic E-state index is -0.982. The molecule has 1 aliphatic carbocycles. The van der Waals surface area contributed by atoms with Crippen LogP contribution in [0.2, 0.25) is 0 Å². The van der Waals surface area contributed by atoms with Crippen LogP contribution in [0.3, 0.4) is 0 Å². The van der Waals surface area contributed by atoms with Gasteiger partial charge in [0.1, 0.15) is 0 Å². The number of carbonyl (C=O) groups is 1. The van der Waals surface area contributed by atoms with E-state index in [4.69, 9.17) is 4.74 Å². The van der Waals surface area contributed by atoms with Crippen molar-refractivity contribution in [3.05, 3.63) is 53.1 Å². The first-order valence-corrected chi connectivity index (χ1v) is 10.3. The van der Waals surface area contributed by atoms with Gasteiger partial charge in [0, 0.05) is 5.56 Å². The molecule has 3 rings (SSSR count). The van der Waals surface area contributed by atoms with Crippen molar-refractivity contribution in [1.29, 1.82) is 0 Å². The maximum atomic E-state index is 12.3. The van der Waals surface area contributed by atoms with E-state index in [1.165, 1.54) is 12.0 Å². The lowest BCUT2D eigenvalue weighted by Gasteiger charge is -2.30. The van der Waals surface area contributed by atoms with Crippen LogP contribution < -0.4 is 0 Å². The zero-order chi connectivity index (χ0) is 20.5. The highest BCUT2D eigenvalue weighted by Gasteiger charge is 2.32. The highest BCUT2D eigenvalue weighted by Crippen LogP contribution is 2.42. The average molecular weight is 381 g/mol. The lowest BCUT2D eigenvalue weighted by molar-refractivity contribution is -0.160. The lowest BCUT2D eigenvalue weighted by Crippen LogP contribution is -2.28. The van der Waals surface area contributed by atoms with Crippen LogP contribution in [-0.2, 0) is 9.53 Å². The Morgan fingerprint density at radius 1 is 1.29 bits per heavy atom. The number of rotatable bonds is 5. The molecule has 0 radical (unpaired) electrons. The van der Waals surface area contributed by atoms with Gasteiger partial charge in [-0.15, -0.1) is 0 Å². The number of carboxylic acids is 1. The molecule has 3 nitrogen and oxygen atoms in total. The Morgan fingerprint density at radius 3 is 2.57 bits per heavy atom. The molecule has 0 saturated carbocycles. The molecule has 2 aromatic carbocycles. The molecule has 2 aromatic rings. The third-order valence-electron chi connectivity index (χ3n) is 5.67. The van der Waals surface area contributed by atoms with Crippen LogP contribution in [0.1, 0.15) is 76.2 Å². The minimum absolute atomic E-state index is 0.549. The van der Waals surface area contributed by atoms with Gasteiger partial charge in [-0.05, 0) is 80.3 Å². The predicted molar refractivity (Wildman–Crippen MR) is 116 cm³/mol. The molecule has 0 aliphatic heterocycles. The molecular weight excluding hydrogens is 348 g/mol. The van der Waals surface area contributed by atoms with Crippen molar-refractivity contribution in [3.63, 3.8) is 0 Å². The Morgan fingerprint density at radius 2 is 2.00 bits per heavy atom. The summed E-state index contributed by atoms with van der Waals surface area (Å²) in [5.41, 5.74) is 3.57. The molecule has 1 aliphatic rings. The third-order valence-corrected chi connectivity index (χ3v) is 5.67. The number of allylic oxidation sites excluding steroid dienone is 2. The van der Waals surface area contributed by atoms with Gasteiger partial charge in [-0.2, -0.15) is 0 Å². The summed E-state index contributed by atoms with van der Waals surface area (Å²) in [4.78, 5) is 12.3. The Kier molecular flexibility index (Phi) is 5.95. The smallest absolute Gasteiger partial charge is 0.337 e. The van der Waals surface area contributed by atoms with E-state index in [0.29, 0.717) is 0 Å². The first-order chi connectivity index (χ1) is 13.2. The van der Waals surface area contributed by atoms with Crippen LogP contribution in [0.25, 0.3) is 16.3 Å². The molecule has 3 heteroatoms. The summed E-state index contributed by atoms with van der Waals surface area (Å²) in [6, 6.07) is 10.4. The summed E-state index contributed by atoms with van der Waals surface area (Å²) >= 11 is 0. The van der Waals surface area contributed by atoms with Crippen LogP contribution in [0.5, 0.6) is 0 Å². The van der Waals surface area contributed by atoms with Crippen LogP contribution in [0, 0.1) is 12.8 Å². The van der Waals surface area contributed by atoms with Gasteiger partial charge in [-0.25, -0.2) is 4.79 Å². The number of aliphatic carboxylic acids is 1. The fraction of sp³-hybridized carbons (Fsp3) is 0.480. The zero-order valence-corrected chi connectivity index (χ0v) is 17.7. The minimum Gasteiger partial charge on any atom is -0.479 e. The second-order valence-corrected chi connectivity index (χ2v) is 8.93. The molecule has 0 spiro atoms. The quantitative estimate of drug-likeness (QED) is 0.629.